The molecule has 0 bridgehead atoms. The summed E-state index contributed by atoms with van der Waals surface area (Å²) < 4.78 is 25.0. The molecule has 1 aliphatic carbocycles. The summed E-state index contributed by atoms with van der Waals surface area (Å²) in [4.78, 5) is 2.82. The van der Waals surface area contributed by atoms with Gasteiger partial charge in [0.05, 0.1) is 16.3 Å². The van der Waals surface area contributed by atoms with Gasteiger partial charge in [-0.05, 0) is 44.2 Å². The zero-order valence-electron chi connectivity index (χ0n) is 12.6. The summed E-state index contributed by atoms with van der Waals surface area (Å²) in [5, 5.41) is 0.945. The van der Waals surface area contributed by atoms with Gasteiger partial charge in [-0.2, -0.15) is 0 Å². The van der Waals surface area contributed by atoms with Crippen LogP contribution in [0.3, 0.4) is 0 Å². The van der Waals surface area contributed by atoms with Gasteiger partial charge >= 0.3 is 0 Å². The molecule has 1 saturated carbocycles. The first-order valence-corrected chi connectivity index (χ1v) is 10.5. The fourth-order valence-corrected chi connectivity index (χ4v) is 4.56. The van der Waals surface area contributed by atoms with Crippen LogP contribution in [0.1, 0.15) is 39.0 Å². The maximum Gasteiger partial charge on any atom is 0.180 e. The molecule has 3 nitrogen and oxygen atoms in total. The summed E-state index contributed by atoms with van der Waals surface area (Å²) in [5.74, 6) is 0.223. The molecule has 2 rings (SSSR count). The van der Waals surface area contributed by atoms with Gasteiger partial charge < -0.3 is 4.90 Å². The minimum Gasteiger partial charge on any atom is -0.367 e. The molecule has 0 saturated heterocycles. The van der Waals surface area contributed by atoms with E-state index in [1.165, 1.54) is 19.3 Å². The SMILES string of the molecule is CCCS(=O)(=O)c1ccccc1N(CCCBr)C1CCC1. The number of halogens is 1. The van der Waals surface area contributed by atoms with Gasteiger partial charge in [0.15, 0.2) is 9.84 Å². The molecule has 0 N–H and O–H groups in total. The third-order valence-electron chi connectivity index (χ3n) is 4.03. The zero-order valence-corrected chi connectivity index (χ0v) is 15.0. The summed E-state index contributed by atoms with van der Waals surface area (Å²) >= 11 is 3.48. The maximum absolute atomic E-state index is 12.5. The maximum atomic E-state index is 12.5. The van der Waals surface area contributed by atoms with Crippen molar-refractivity contribution in [3.63, 3.8) is 0 Å². The molecule has 118 valence electrons. The van der Waals surface area contributed by atoms with Crippen molar-refractivity contribution < 1.29 is 8.42 Å². The lowest BCUT2D eigenvalue weighted by atomic mass is 9.91. The van der Waals surface area contributed by atoms with Crippen molar-refractivity contribution in [2.24, 2.45) is 0 Å². The standard InChI is InChI=1S/C16H24BrNO2S/c1-2-13-21(19,20)16-10-4-3-9-15(16)18(12-6-11-17)14-7-5-8-14/h3-4,9-10,14H,2,5-8,11-13H2,1H3. The van der Waals surface area contributed by atoms with Gasteiger partial charge in [-0.15, -0.1) is 0 Å². The molecule has 0 heterocycles. The second-order valence-corrected chi connectivity index (χ2v) is 8.48. The predicted octanol–water partition coefficient (Wildman–Crippen LogP) is 4.01. The van der Waals surface area contributed by atoms with Crippen molar-refractivity contribution >= 4 is 31.5 Å². The number of hydrogen-bond donors (Lipinski definition) is 0. The quantitative estimate of drug-likeness (QED) is 0.645. The van der Waals surface area contributed by atoms with Gasteiger partial charge in [0.1, 0.15) is 0 Å². The average Bonchev–Trinajstić information content (AvgIpc) is 2.41. The average molecular weight is 374 g/mol. The van der Waals surface area contributed by atoms with E-state index in [4.69, 9.17) is 0 Å². The van der Waals surface area contributed by atoms with E-state index in [0.29, 0.717) is 17.4 Å². The fourth-order valence-electron chi connectivity index (χ4n) is 2.76. The Labute approximate surface area is 136 Å². The topological polar surface area (TPSA) is 37.4 Å². The van der Waals surface area contributed by atoms with Crippen molar-refractivity contribution in [1.29, 1.82) is 0 Å². The first-order valence-electron chi connectivity index (χ1n) is 7.74. The van der Waals surface area contributed by atoms with Crippen LogP contribution in [-0.2, 0) is 9.84 Å². The Bertz CT molecular complexity index is 555. The number of sulfone groups is 1. The minimum absolute atomic E-state index is 0.223. The Hall–Kier alpha value is -0.550. The molecule has 5 heteroatoms. The molecule has 1 aromatic rings. The fraction of sp³-hybridized carbons (Fsp3) is 0.625. The molecule has 0 atom stereocenters. The monoisotopic (exact) mass is 373 g/mol. The van der Waals surface area contributed by atoms with Crippen molar-refractivity contribution in [3.05, 3.63) is 24.3 Å². The van der Waals surface area contributed by atoms with Crippen LogP contribution in [-0.4, -0.2) is 32.1 Å². The van der Waals surface area contributed by atoms with E-state index >= 15 is 0 Å². The highest BCUT2D eigenvalue weighted by Crippen LogP contribution is 2.34. The molecule has 1 aliphatic rings. The number of hydrogen-bond acceptors (Lipinski definition) is 3. The van der Waals surface area contributed by atoms with Crippen molar-refractivity contribution in [2.45, 2.75) is 50.0 Å². The van der Waals surface area contributed by atoms with Gasteiger partial charge in [0.25, 0.3) is 0 Å². The van der Waals surface area contributed by atoms with Crippen molar-refractivity contribution in [1.82, 2.24) is 0 Å². The Morgan fingerprint density at radius 2 is 2.00 bits per heavy atom. The number of benzene rings is 1. The van der Waals surface area contributed by atoms with Gasteiger partial charge in [-0.1, -0.05) is 35.0 Å². The van der Waals surface area contributed by atoms with Gasteiger partial charge in [-0.25, -0.2) is 8.42 Å². The summed E-state index contributed by atoms with van der Waals surface area (Å²) in [5.41, 5.74) is 0.900. The first-order chi connectivity index (χ1) is 10.1. The third kappa shape index (κ3) is 4.01. The van der Waals surface area contributed by atoms with E-state index in [9.17, 15) is 8.42 Å². The number of anilines is 1. The van der Waals surface area contributed by atoms with Gasteiger partial charge in [0, 0.05) is 17.9 Å². The number of alkyl halides is 1. The smallest absolute Gasteiger partial charge is 0.180 e. The highest BCUT2D eigenvalue weighted by Gasteiger charge is 2.28. The van der Waals surface area contributed by atoms with E-state index < -0.39 is 9.84 Å². The predicted molar refractivity (Wildman–Crippen MR) is 92.2 cm³/mol. The van der Waals surface area contributed by atoms with Crippen LogP contribution >= 0.6 is 15.9 Å². The number of nitrogens with zero attached hydrogens (tertiary/aromatic N) is 1. The normalized spacial score (nSPS) is 15.7. The molecule has 0 aliphatic heterocycles. The van der Waals surface area contributed by atoms with Crippen LogP contribution in [0.2, 0.25) is 0 Å². The second kappa shape index (κ2) is 7.63. The van der Waals surface area contributed by atoms with Crippen molar-refractivity contribution in [2.75, 3.05) is 22.5 Å². The largest absolute Gasteiger partial charge is 0.367 e. The summed E-state index contributed by atoms with van der Waals surface area (Å²) in [7, 11) is -3.18. The molecule has 0 amide bonds. The molecule has 0 radical (unpaired) electrons. The molecule has 0 unspecified atom stereocenters. The number of para-hydroxylation sites is 1. The molecule has 21 heavy (non-hydrogen) atoms. The van der Waals surface area contributed by atoms with E-state index in [2.05, 4.69) is 20.8 Å². The Balaban J connectivity index is 2.35. The molecule has 1 fully saturated rings. The summed E-state index contributed by atoms with van der Waals surface area (Å²) in [6.07, 6.45) is 5.27. The van der Waals surface area contributed by atoms with E-state index in [0.717, 1.165) is 24.0 Å². The van der Waals surface area contributed by atoms with Crippen LogP contribution in [0.4, 0.5) is 5.69 Å². The van der Waals surface area contributed by atoms with Crippen LogP contribution in [0.5, 0.6) is 0 Å². The molecular weight excluding hydrogens is 350 g/mol. The lowest BCUT2D eigenvalue weighted by molar-refractivity contribution is 0.385. The Kier molecular flexibility index (Phi) is 6.11. The molecule has 0 aromatic heterocycles. The highest BCUT2D eigenvalue weighted by atomic mass is 79.9. The van der Waals surface area contributed by atoms with E-state index in [1.54, 1.807) is 6.07 Å². The lowest BCUT2D eigenvalue weighted by Crippen LogP contribution is -2.41. The van der Waals surface area contributed by atoms with Crippen LogP contribution in [0.25, 0.3) is 0 Å². The summed E-state index contributed by atoms with van der Waals surface area (Å²) in [6, 6.07) is 8.01. The van der Waals surface area contributed by atoms with Crippen LogP contribution < -0.4 is 4.90 Å². The lowest BCUT2D eigenvalue weighted by Gasteiger charge is -2.40. The van der Waals surface area contributed by atoms with Crippen LogP contribution in [0, 0.1) is 0 Å². The summed E-state index contributed by atoms with van der Waals surface area (Å²) in [6.45, 7) is 2.82. The first kappa shape index (κ1) is 16.8. The van der Waals surface area contributed by atoms with E-state index in [1.807, 2.05) is 25.1 Å². The van der Waals surface area contributed by atoms with Crippen LogP contribution in [0.15, 0.2) is 29.2 Å². The highest BCUT2D eigenvalue weighted by molar-refractivity contribution is 9.09. The molecule has 0 spiro atoms. The Morgan fingerprint density at radius 1 is 1.29 bits per heavy atom. The third-order valence-corrected chi connectivity index (χ3v) is 6.55. The molecule has 1 aromatic carbocycles. The van der Waals surface area contributed by atoms with Gasteiger partial charge in [-0.3, -0.25) is 0 Å². The zero-order chi connectivity index (χ0) is 15.3. The van der Waals surface area contributed by atoms with Crippen molar-refractivity contribution in [3.8, 4) is 0 Å². The van der Waals surface area contributed by atoms with Gasteiger partial charge in [0.2, 0.25) is 0 Å². The Morgan fingerprint density at radius 3 is 2.57 bits per heavy atom. The second-order valence-electron chi connectivity index (χ2n) is 5.61. The molecular formula is C16H24BrNO2S. The minimum atomic E-state index is -3.18. The number of rotatable bonds is 8. The van der Waals surface area contributed by atoms with E-state index in [-0.39, 0.29) is 5.75 Å².